The van der Waals surface area contributed by atoms with Crippen molar-refractivity contribution < 1.29 is 21.6 Å². The summed E-state index contributed by atoms with van der Waals surface area (Å²) < 4.78 is 43.8. The Labute approximate surface area is 120 Å². The molecule has 19 heavy (non-hydrogen) atoms. The van der Waals surface area contributed by atoms with Crippen molar-refractivity contribution in [1.29, 1.82) is 0 Å². The second-order valence-corrected chi connectivity index (χ2v) is 4.79. The molecule has 0 saturated heterocycles. The lowest BCUT2D eigenvalue weighted by atomic mass is 10.1. The highest BCUT2D eigenvalue weighted by molar-refractivity contribution is 5.79. The molecular formula is C14H20N2O3. The number of ether oxygens (including phenoxy) is 1. The van der Waals surface area contributed by atoms with Crippen molar-refractivity contribution in [2.24, 2.45) is 5.16 Å². The Morgan fingerprint density at radius 3 is 2.63 bits per heavy atom. The van der Waals surface area contributed by atoms with Crippen LogP contribution < -0.4 is 0 Å². The first-order chi connectivity index (χ1) is 10.8. The van der Waals surface area contributed by atoms with Crippen LogP contribution in [0, 0.1) is 0 Å². The molecule has 0 atom stereocenters. The molecule has 1 rings (SSSR count). The van der Waals surface area contributed by atoms with Gasteiger partial charge in [0.1, 0.15) is 5.60 Å². The van der Waals surface area contributed by atoms with Crippen molar-refractivity contribution in [3.63, 3.8) is 0 Å². The Kier molecular flexibility index (Phi) is 2.93. The van der Waals surface area contributed by atoms with Gasteiger partial charge in [0.15, 0.2) is 0 Å². The van der Waals surface area contributed by atoms with Gasteiger partial charge in [-0.15, -0.1) is 0 Å². The van der Waals surface area contributed by atoms with Crippen LogP contribution in [0.4, 0.5) is 4.79 Å². The normalized spacial score (nSPS) is 16.9. The fourth-order valence-electron chi connectivity index (χ4n) is 1.19. The predicted octanol–water partition coefficient (Wildman–Crippen LogP) is 2.86. The van der Waals surface area contributed by atoms with Crippen LogP contribution in [0.1, 0.15) is 38.8 Å². The van der Waals surface area contributed by atoms with Crippen molar-refractivity contribution in [2.45, 2.75) is 32.9 Å². The van der Waals surface area contributed by atoms with E-state index in [1.165, 1.54) is 24.3 Å². The minimum Gasteiger partial charge on any atom is -0.444 e. The third kappa shape index (κ3) is 5.42. The van der Waals surface area contributed by atoms with E-state index in [-0.39, 0.29) is 10.5 Å². The Hall–Kier alpha value is -2.04. The second-order valence-electron chi connectivity index (χ2n) is 4.79. The van der Waals surface area contributed by atoms with Gasteiger partial charge < -0.3 is 14.8 Å². The van der Waals surface area contributed by atoms with Crippen molar-refractivity contribution in [3.8, 4) is 0 Å². The molecule has 5 heteroatoms. The van der Waals surface area contributed by atoms with E-state index in [2.05, 4.69) is 5.16 Å². The number of nitrogens with zero attached hydrogens (tertiary/aromatic N) is 2. The largest absolute Gasteiger partial charge is 0.444 e. The van der Waals surface area contributed by atoms with Gasteiger partial charge in [-0.05, 0) is 31.9 Å². The summed E-state index contributed by atoms with van der Waals surface area (Å²) in [6.07, 6.45) is -0.150. The maximum Gasteiger partial charge on any atom is 0.410 e. The first-order valence-electron chi connectivity index (χ1n) is 8.10. The van der Waals surface area contributed by atoms with Crippen LogP contribution in [0.15, 0.2) is 29.4 Å². The summed E-state index contributed by atoms with van der Waals surface area (Å²) in [6, 6.07) is 5.47. The number of hydrogen-bond donors (Lipinski definition) is 1. The van der Waals surface area contributed by atoms with Gasteiger partial charge in [-0.3, -0.25) is 0 Å². The van der Waals surface area contributed by atoms with E-state index < -0.39 is 25.2 Å². The highest BCUT2D eigenvalue weighted by Crippen LogP contribution is 2.11. The lowest BCUT2D eigenvalue weighted by molar-refractivity contribution is 0.0285. The molecule has 0 radical (unpaired) electrons. The van der Waals surface area contributed by atoms with Crippen molar-refractivity contribution >= 4 is 12.3 Å². The highest BCUT2D eigenvalue weighted by atomic mass is 16.6. The molecular weight excluding hydrogens is 244 g/mol. The van der Waals surface area contributed by atoms with Gasteiger partial charge in [0.05, 0.1) is 8.96 Å². The molecule has 0 aromatic heterocycles. The van der Waals surface area contributed by atoms with Crippen LogP contribution in [0.25, 0.3) is 0 Å². The summed E-state index contributed by atoms with van der Waals surface area (Å²) in [5.41, 5.74) is -0.549. The van der Waals surface area contributed by atoms with E-state index in [0.717, 1.165) is 6.21 Å². The van der Waals surface area contributed by atoms with Gasteiger partial charge in [0.25, 0.3) is 0 Å². The Morgan fingerprint density at radius 1 is 1.53 bits per heavy atom. The van der Waals surface area contributed by atoms with Gasteiger partial charge in [0, 0.05) is 17.6 Å². The van der Waals surface area contributed by atoms with E-state index in [1.54, 1.807) is 20.8 Å². The number of carbonyl (C=O) groups is 1. The van der Waals surface area contributed by atoms with E-state index in [1.807, 2.05) is 0 Å². The number of hydrogen-bond acceptors (Lipinski definition) is 4. The molecule has 0 heterocycles. The fraction of sp³-hybridized carbons (Fsp3) is 0.429. The third-order valence-corrected chi connectivity index (χ3v) is 1.93. The number of amides is 1. The molecule has 0 saturated carbocycles. The van der Waals surface area contributed by atoms with Crippen LogP contribution in [0.2, 0.25) is 0 Å². The molecule has 1 aromatic rings. The second kappa shape index (κ2) is 6.22. The maximum atomic E-state index is 12.2. The summed E-state index contributed by atoms with van der Waals surface area (Å²) in [6.45, 7) is -1.01. The molecule has 1 N–H and O–H groups in total. The summed E-state index contributed by atoms with van der Waals surface area (Å²) in [7, 11) is 0. The van der Waals surface area contributed by atoms with Crippen LogP contribution in [0.5, 0.6) is 0 Å². The number of rotatable bonds is 3. The van der Waals surface area contributed by atoms with E-state index in [0.29, 0.717) is 5.56 Å². The molecule has 0 fully saturated rings. The Morgan fingerprint density at radius 2 is 2.16 bits per heavy atom. The van der Waals surface area contributed by atoms with Crippen molar-refractivity contribution in [2.75, 3.05) is 6.98 Å². The van der Waals surface area contributed by atoms with Gasteiger partial charge >= 0.3 is 6.09 Å². The van der Waals surface area contributed by atoms with Crippen LogP contribution in [0.3, 0.4) is 0 Å². The number of carbonyl (C=O) groups excluding carboxylic acids is 1. The zero-order valence-electron chi connectivity index (χ0n) is 16.0. The van der Waals surface area contributed by atoms with E-state index >= 15 is 0 Å². The fourth-order valence-corrected chi connectivity index (χ4v) is 1.19. The molecule has 0 aliphatic carbocycles. The SMILES string of the molecule is [2H]C([2H])([2H])N(C(=O)OC(C)(C)C)C([2H])([2H])c1ccc(/C=N/O)cc1. The molecule has 0 aliphatic heterocycles. The summed E-state index contributed by atoms with van der Waals surface area (Å²) in [5.74, 6) is 0. The first-order valence-corrected chi connectivity index (χ1v) is 5.60. The standard InChI is InChI=1S/C14H20N2O3/c1-14(2,3)19-13(17)16(4)10-12-7-5-11(6-8-12)9-15-18/h5-9,18H,10H2,1-4H3/b15-9+/i4D3,10D2. The van der Waals surface area contributed by atoms with Gasteiger partial charge in [0.2, 0.25) is 0 Å². The van der Waals surface area contributed by atoms with Gasteiger partial charge in [-0.1, -0.05) is 29.4 Å². The van der Waals surface area contributed by atoms with Gasteiger partial charge in [-0.2, -0.15) is 0 Å². The lowest BCUT2D eigenvalue weighted by Gasteiger charge is -2.24. The monoisotopic (exact) mass is 269 g/mol. The zero-order chi connectivity index (χ0) is 18.8. The first kappa shape index (κ1) is 8.96. The minimum atomic E-state index is -3.04. The molecule has 0 unspecified atom stereocenters. The zero-order valence-corrected chi connectivity index (χ0v) is 11.0. The molecule has 1 aromatic carbocycles. The Bertz CT molecular complexity index is 606. The third-order valence-electron chi connectivity index (χ3n) is 1.93. The average molecular weight is 269 g/mol. The highest BCUT2D eigenvalue weighted by Gasteiger charge is 2.19. The molecule has 104 valence electrons. The number of oxime groups is 1. The van der Waals surface area contributed by atoms with Crippen molar-refractivity contribution in [1.82, 2.24) is 4.90 Å². The van der Waals surface area contributed by atoms with E-state index in [4.69, 9.17) is 16.8 Å². The molecule has 0 bridgehead atoms. The molecule has 0 spiro atoms. The van der Waals surface area contributed by atoms with Crippen LogP contribution >= 0.6 is 0 Å². The summed E-state index contributed by atoms with van der Waals surface area (Å²) in [4.78, 5) is 12.3. The van der Waals surface area contributed by atoms with E-state index in [9.17, 15) is 4.79 Å². The van der Waals surface area contributed by atoms with Crippen molar-refractivity contribution in [3.05, 3.63) is 35.4 Å². The molecule has 0 aliphatic rings. The van der Waals surface area contributed by atoms with Crippen LogP contribution in [-0.4, -0.2) is 35.0 Å². The van der Waals surface area contributed by atoms with Crippen LogP contribution in [-0.2, 0) is 11.2 Å². The average Bonchev–Trinajstić information content (AvgIpc) is 2.35. The maximum absolute atomic E-state index is 12.2. The summed E-state index contributed by atoms with van der Waals surface area (Å²) in [5, 5.41) is 11.3. The minimum absolute atomic E-state index is 0.0560. The predicted molar refractivity (Wildman–Crippen MR) is 73.5 cm³/mol. The molecule has 1 amide bonds. The lowest BCUT2D eigenvalue weighted by Crippen LogP contribution is -2.33. The van der Waals surface area contributed by atoms with Gasteiger partial charge in [-0.25, -0.2) is 4.79 Å². The molecule has 5 nitrogen and oxygen atoms in total. The Balaban J connectivity index is 3.27. The smallest absolute Gasteiger partial charge is 0.410 e. The summed E-state index contributed by atoms with van der Waals surface area (Å²) >= 11 is 0. The topological polar surface area (TPSA) is 62.1 Å². The number of benzene rings is 1. The quantitative estimate of drug-likeness (QED) is 0.521.